The molecule has 0 heterocycles. The van der Waals surface area contributed by atoms with Crippen molar-refractivity contribution < 1.29 is 8.85 Å². The molecule has 0 aliphatic carbocycles. The highest BCUT2D eigenvalue weighted by Crippen LogP contribution is 2.12. The van der Waals surface area contributed by atoms with Crippen LogP contribution < -0.4 is 5.73 Å². The Labute approximate surface area is 106 Å². The third-order valence-electron chi connectivity index (χ3n) is 2.65. The van der Waals surface area contributed by atoms with Gasteiger partial charge in [-0.3, -0.25) is 0 Å². The first-order valence-corrected chi connectivity index (χ1v) is 8.48. The van der Waals surface area contributed by atoms with Crippen molar-refractivity contribution in [3.8, 4) is 0 Å². The van der Waals surface area contributed by atoms with E-state index in [2.05, 4.69) is 13.5 Å². The van der Waals surface area contributed by atoms with E-state index >= 15 is 0 Å². The summed E-state index contributed by atoms with van der Waals surface area (Å²) in [5.41, 5.74) is 6.54. The van der Waals surface area contributed by atoms with E-state index in [1.165, 1.54) is 5.56 Å². The van der Waals surface area contributed by atoms with Crippen LogP contribution >= 0.6 is 0 Å². The van der Waals surface area contributed by atoms with Gasteiger partial charge in [-0.2, -0.15) is 0 Å². The van der Waals surface area contributed by atoms with Gasteiger partial charge in [0.1, 0.15) is 0 Å². The van der Waals surface area contributed by atoms with Gasteiger partial charge in [0.25, 0.3) is 0 Å². The number of hydrogen-bond acceptors (Lipinski definition) is 3. The number of hydrogen-bond donors (Lipinski definition) is 1. The van der Waals surface area contributed by atoms with E-state index in [4.69, 9.17) is 14.6 Å². The van der Waals surface area contributed by atoms with Crippen molar-refractivity contribution in [3.63, 3.8) is 0 Å². The lowest BCUT2D eigenvalue weighted by atomic mass is 10.2. The minimum Gasteiger partial charge on any atom is -0.398 e. The summed E-state index contributed by atoms with van der Waals surface area (Å²) in [5, 5.41) is 0. The molecule has 0 amide bonds. The first-order valence-electron chi connectivity index (χ1n) is 5.96. The van der Waals surface area contributed by atoms with Crippen LogP contribution in [0.2, 0.25) is 12.6 Å². The molecule has 0 aliphatic rings. The van der Waals surface area contributed by atoms with Gasteiger partial charge in [-0.15, -0.1) is 0 Å². The summed E-state index contributed by atoms with van der Waals surface area (Å²) in [6, 6.07) is 11.1. The third kappa shape index (κ3) is 7.28. The molecule has 0 bridgehead atoms. The van der Waals surface area contributed by atoms with Crippen LogP contribution in [-0.2, 0) is 15.4 Å². The van der Waals surface area contributed by atoms with Crippen LogP contribution in [-0.4, -0.2) is 22.8 Å². The van der Waals surface area contributed by atoms with Crippen molar-refractivity contribution in [1.29, 1.82) is 0 Å². The molecule has 0 spiro atoms. The molecule has 17 heavy (non-hydrogen) atoms. The predicted octanol–water partition coefficient (Wildman–Crippen LogP) is 2.91. The van der Waals surface area contributed by atoms with E-state index in [1.807, 2.05) is 30.3 Å². The third-order valence-corrected chi connectivity index (χ3v) is 5.78. The van der Waals surface area contributed by atoms with Crippen molar-refractivity contribution in [1.82, 2.24) is 0 Å². The van der Waals surface area contributed by atoms with Gasteiger partial charge in [0.05, 0.1) is 0 Å². The fraction of sp³-hybridized carbons (Fsp3) is 0.538. The lowest BCUT2D eigenvalue weighted by Crippen LogP contribution is -2.35. The van der Waals surface area contributed by atoms with Crippen molar-refractivity contribution in [2.45, 2.75) is 32.5 Å². The average Bonchev–Trinajstić information content (AvgIpc) is 2.40. The summed E-state index contributed by atoms with van der Waals surface area (Å²) in [5.74, 6) is 0. The Hall–Kier alpha value is -0.683. The molecule has 2 N–H and O–H groups in total. The van der Waals surface area contributed by atoms with Crippen LogP contribution in [0.3, 0.4) is 0 Å². The van der Waals surface area contributed by atoms with Crippen LogP contribution in [0.4, 0.5) is 0 Å². The second kappa shape index (κ2) is 9.36. The van der Waals surface area contributed by atoms with Crippen molar-refractivity contribution in [2.24, 2.45) is 5.73 Å². The Morgan fingerprint density at radius 1 is 1.12 bits per heavy atom. The molecule has 0 aliphatic heterocycles. The van der Waals surface area contributed by atoms with Gasteiger partial charge in [-0.05, 0) is 18.2 Å². The monoisotopic (exact) mass is 255 g/mol. The molecule has 1 aromatic rings. The van der Waals surface area contributed by atoms with Gasteiger partial charge >= 0.3 is 8.56 Å². The maximum atomic E-state index is 5.35. The Balaban J connectivity index is 0.000000302. The molecule has 98 valence electrons. The highest BCUT2D eigenvalue weighted by molar-refractivity contribution is 6.65. The van der Waals surface area contributed by atoms with E-state index in [1.54, 1.807) is 14.2 Å². The molecule has 0 atom stereocenters. The Kier molecular flexibility index (Phi) is 8.98. The molecule has 1 aromatic carbocycles. The van der Waals surface area contributed by atoms with Gasteiger partial charge in [-0.1, -0.05) is 43.7 Å². The topological polar surface area (TPSA) is 44.5 Å². The van der Waals surface area contributed by atoms with Gasteiger partial charge in [-0.25, -0.2) is 0 Å². The Morgan fingerprint density at radius 3 is 1.88 bits per heavy atom. The smallest absolute Gasteiger partial charge is 0.334 e. The molecular formula is C13H25NO2Si. The van der Waals surface area contributed by atoms with Gasteiger partial charge < -0.3 is 14.6 Å². The summed E-state index contributed by atoms with van der Waals surface area (Å²) >= 11 is 0. The minimum absolute atomic E-state index is 0.640. The lowest BCUT2D eigenvalue weighted by molar-refractivity contribution is 0.249. The molecule has 4 heteroatoms. The molecule has 3 nitrogen and oxygen atoms in total. The molecule has 0 fully saturated rings. The predicted molar refractivity (Wildman–Crippen MR) is 75.1 cm³/mol. The summed E-state index contributed by atoms with van der Waals surface area (Å²) in [6.07, 6.45) is 1.14. The fourth-order valence-corrected chi connectivity index (χ4v) is 2.84. The van der Waals surface area contributed by atoms with Crippen LogP contribution in [0.15, 0.2) is 30.3 Å². The lowest BCUT2D eigenvalue weighted by Gasteiger charge is -2.21. The Morgan fingerprint density at radius 2 is 1.65 bits per heavy atom. The quantitative estimate of drug-likeness (QED) is 0.823. The van der Waals surface area contributed by atoms with Crippen LogP contribution in [0.25, 0.3) is 0 Å². The largest absolute Gasteiger partial charge is 0.398 e. The maximum Gasteiger partial charge on any atom is 0.334 e. The molecule has 0 aromatic heterocycles. The summed E-state index contributed by atoms with van der Waals surface area (Å²) in [6.45, 7) is 4.86. The van der Waals surface area contributed by atoms with Crippen molar-refractivity contribution in [2.75, 3.05) is 14.2 Å². The first kappa shape index (κ1) is 16.3. The van der Waals surface area contributed by atoms with E-state index < -0.39 is 8.56 Å². The maximum absolute atomic E-state index is 5.35. The van der Waals surface area contributed by atoms with Crippen LogP contribution in [0.1, 0.15) is 18.9 Å². The normalized spacial score (nSPS) is 10.6. The van der Waals surface area contributed by atoms with Crippen LogP contribution in [0.5, 0.6) is 0 Å². The van der Waals surface area contributed by atoms with E-state index in [-0.39, 0.29) is 0 Å². The van der Waals surface area contributed by atoms with Crippen molar-refractivity contribution in [3.05, 3.63) is 35.9 Å². The summed E-state index contributed by atoms with van der Waals surface area (Å²) in [4.78, 5) is 0. The number of rotatable bonds is 5. The second-order valence-electron chi connectivity index (χ2n) is 3.98. The van der Waals surface area contributed by atoms with Crippen molar-refractivity contribution >= 4 is 8.56 Å². The molecule has 0 unspecified atom stereocenters. The molecular weight excluding hydrogens is 230 g/mol. The second-order valence-corrected chi connectivity index (χ2v) is 7.57. The standard InChI is InChI=1S/C7H9N.C6H16O2Si/c8-6-7-4-2-1-3-5-7;1-5-6-9(4,7-2)8-3/h1-5H,6,8H2;5-6H2,1-4H3. The van der Waals surface area contributed by atoms with Gasteiger partial charge in [0, 0.05) is 20.8 Å². The molecule has 0 saturated heterocycles. The van der Waals surface area contributed by atoms with Crippen LogP contribution in [0, 0.1) is 0 Å². The SMILES string of the molecule is CCC[Si](C)(OC)OC.NCc1ccccc1. The molecule has 0 saturated carbocycles. The van der Waals surface area contributed by atoms with E-state index in [0.717, 1.165) is 12.5 Å². The first-order chi connectivity index (χ1) is 8.11. The molecule has 0 radical (unpaired) electrons. The highest BCUT2D eigenvalue weighted by atomic mass is 28.4. The zero-order valence-electron chi connectivity index (χ0n) is 11.4. The van der Waals surface area contributed by atoms with E-state index in [9.17, 15) is 0 Å². The number of nitrogens with two attached hydrogens (primary N) is 1. The highest BCUT2D eigenvalue weighted by Gasteiger charge is 2.26. The average molecular weight is 255 g/mol. The van der Waals surface area contributed by atoms with Gasteiger partial charge in [0.2, 0.25) is 0 Å². The van der Waals surface area contributed by atoms with E-state index in [0.29, 0.717) is 6.54 Å². The Bertz CT molecular complexity index is 276. The summed E-state index contributed by atoms with van der Waals surface area (Å²) in [7, 11) is 1.76. The molecule has 1 rings (SSSR count). The number of benzene rings is 1. The fourth-order valence-electron chi connectivity index (χ4n) is 1.36. The minimum atomic E-state index is -1.70. The van der Waals surface area contributed by atoms with Gasteiger partial charge in [0.15, 0.2) is 0 Å². The summed E-state index contributed by atoms with van der Waals surface area (Å²) < 4.78 is 10.5. The zero-order chi connectivity index (χ0) is 13.1. The zero-order valence-corrected chi connectivity index (χ0v) is 12.4.